The molecule has 1 amide bonds. The van der Waals surface area contributed by atoms with E-state index in [1.807, 2.05) is 5.32 Å². The Balaban J connectivity index is 1.95. The third-order valence-corrected chi connectivity index (χ3v) is 8.04. The maximum atomic E-state index is 14.0. The number of Topliss-reactive ketones (excluding diaryl/α,β-unsaturated/α-hetero) is 2. The van der Waals surface area contributed by atoms with Crippen LogP contribution < -0.4 is 5.32 Å². The van der Waals surface area contributed by atoms with Gasteiger partial charge in [-0.1, -0.05) is 12.1 Å². The summed E-state index contributed by atoms with van der Waals surface area (Å²) in [5, 5.41) is 77.0. The molecular formula is C26H30N2O11. The van der Waals surface area contributed by atoms with Crippen LogP contribution in [0.3, 0.4) is 0 Å². The summed E-state index contributed by atoms with van der Waals surface area (Å²) in [6.45, 7) is 2.43. The molecule has 7 atom stereocenters. The zero-order valence-electron chi connectivity index (χ0n) is 21.5. The molecule has 0 aliphatic heterocycles. The summed E-state index contributed by atoms with van der Waals surface area (Å²) >= 11 is 0. The highest BCUT2D eigenvalue weighted by Crippen LogP contribution is 2.57. The van der Waals surface area contributed by atoms with E-state index in [9.17, 15) is 54.9 Å². The van der Waals surface area contributed by atoms with Crippen molar-refractivity contribution in [3.63, 3.8) is 0 Å². The standard InChI is InChI=1S/C26H30N2O11/c1-9(29)17(24(36)37)27-23(35)16-20(32)18(28(3)4)12-8-11-15(21(33)26(12,39)22(16)34)19(31)14-10(25(11,2)38)6-5-7-13(14)30/h5-7,9,11-12,17-18,29-31,34,38-39H,8H2,1-4H3,(H,27,35)(H,36,37). The number of phenolic OH excluding ortho intramolecular Hbond substituents is 1. The fourth-order valence-corrected chi connectivity index (χ4v) is 6.08. The second kappa shape index (κ2) is 9.16. The largest absolute Gasteiger partial charge is 0.508 e. The van der Waals surface area contributed by atoms with Crippen LogP contribution >= 0.6 is 0 Å². The number of aliphatic hydroxyl groups is 5. The third kappa shape index (κ3) is 3.84. The number of amides is 1. The van der Waals surface area contributed by atoms with Crippen molar-refractivity contribution < 1.29 is 54.9 Å². The number of nitrogens with zero attached hydrogens (tertiary/aromatic N) is 1. The fourth-order valence-electron chi connectivity index (χ4n) is 6.08. The van der Waals surface area contributed by atoms with Crippen molar-refractivity contribution in [3.8, 4) is 5.75 Å². The van der Waals surface area contributed by atoms with E-state index in [1.165, 1.54) is 44.1 Å². The summed E-state index contributed by atoms with van der Waals surface area (Å²) in [5.41, 5.74) is -6.56. The van der Waals surface area contributed by atoms with E-state index in [0.29, 0.717) is 0 Å². The van der Waals surface area contributed by atoms with E-state index < -0.39 is 93.1 Å². The number of rotatable bonds is 5. The molecule has 1 aromatic carbocycles. The highest BCUT2D eigenvalue weighted by atomic mass is 16.4. The first-order chi connectivity index (χ1) is 18.0. The molecule has 210 valence electrons. The number of benzene rings is 1. The number of hydrogen-bond acceptors (Lipinski definition) is 11. The molecule has 0 heterocycles. The van der Waals surface area contributed by atoms with Gasteiger partial charge < -0.3 is 41.1 Å². The quantitative estimate of drug-likeness (QED) is 0.210. The molecule has 1 fully saturated rings. The highest BCUT2D eigenvalue weighted by Gasteiger charge is 2.66. The number of aliphatic carboxylic acids is 1. The average Bonchev–Trinajstić information content (AvgIpc) is 2.82. The van der Waals surface area contributed by atoms with Gasteiger partial charge in [-0.25, -0.2) is 4.79 Å². The molecule has 13 nitrogen and oxygen atoms in total. The van der Waals surface area contributed by atoms with Gasteiger partial charge in [0.05, 0.1) is 23.3 Å². The molecule has 0 spiro atoms. The van der Waals surface area contributed by atoms with Gasteiger partial charge in [-0.3, -0.25) is 19.3 Å². The van der Waals surface area contributed by atoms with Gasteiger partial charge in [0.15, 0.2) is 17.4 Å². The van der Waals surface area contributed by atoms with Crippen LogP contribution in [0.4, 0.5) is 0 Å². The maximum absolute atomic E-state index is 14.0. The van der Waals surface area contributed by atoms with E-state index in [4.69, 9.17) is 0 Å². The van der Waals surface area contributed by atoms with Crippen LogP contribution in [0.15, 0.2) is 35.1 Å². The Labute approximate surface area is 222 Å². The molecule has 39 heavy (non-hydrogen) atoms. The predicted octanol–water partition coefficient (Wildman–Crippen LogP) is -0.906. The van der Waals surface area contributed by atoms with Crippen molar-refractivity contribution in [1.82, 2.24) is 10.2 Å². The minimum Gasteiger partial charge on any atom is -0.508 e. The van der Waals surface area contributed by atoms with Gasteiger partial charge >= 0.3 is 5.97 Å². The zero-order chi connectivity index (χ0) is 29.4. The third-order valence-electron chi connectivity index (χ3n) is 8.04. The summed E-state index contributed by atoms with van der Waals surface area (Å²) in [7, 11) is 2.85. The Hall–Kier alpha value is -3.78. The minimum absolute atomic E-state index is 0.105. The van der Waals surface area contributed by atoms with Gasteiger partial charge in [0.25, 0.3) is 5.91 Å². The van der Waals surface area contributed by atoms with Crippen LogP contribution in [-0.4, -0.2) is 102 Å². The number of carbonyl (C=O) groups excluding carboxylic acids is 3. The lowest BCUT2D eigenvalue weighted by molar-refractivity contribution is -0.159. The second-order valence-electron chi connectivity index (χ2n) is 10.6. The van der Waals surface area contributed by atoms with Crippen LogP contribution in [0.2, 0.25) is 0 Å². The van der Waals surface area contributed by atoms with Crippen molar-refractivity contribution in [1.29, 1.82) is 0 Å². The Morgan fingerprint density at radius 1 is 1.13 bits per heavy atom. The molecule has 7 unspecified atom stereocenters. The monoisotopic (exact) mass is 546 g/mol. The molecule has 13 heteroatoms. The minimum atomic E-state index is -2.95. The number of likely N-dealkylation sites (N-methyl/N-ethyl adjacent to an activating group) is 1. The normalized spacial score (nSPS) is 31.8. The Bertz CT molecular complexity index is 1360. The Kier molecular flexibility index (Phi) is 6.63. The van der Waals surface area contributed by atoms with Gasteiger partial charge in [0, 0.05) is 17.4 Å². The smallest absolute Gasteiger partial charge is 0.328 e. The molecule has 3 aliphatic carbocycles. The molecule has 8 N–H and O–H groups in total. The van der Waals surface area contributed by atoms with E-state index in [2.05, 4.69) is 0 Å². The van der Waals surface area contributed by atoms with Crippen LogP contribution in [0.25, 0.3) is 5.76 Å². The van der Waals surface area contributed by atoms with Gasteiger partial charge in [-0.15, -0.1) is 0 Å². The van der Waals surface area contributed by atoms with Crippen LogP contribution in [0, 0.1) is 11.8 Å². The van der Waals surface area contributed by atoms with Crippen molar-refractivity contribution in [2.24, 2.45) is 11.8 Å². The van der Waals surface area contributed by atoms with Crippen molar-refractivity contribution in [2.75, 3.05) is 14.1 Å². The van der Waals surface area contributed by atoms with Gasteiger partial charge in [-0.2, -0.15) is 0 Å². The number of fused-ring (bicyclic) bond motifs is 3. The number of carbonyl (C=O) groups is 4. The molecule has 4 rings (SSSR count). The van der Waals surface area contributed by atoms with Crippen LogP contribution in [0.5, 0.6) is 5.75 Å². The van der Waals surface area contributed by atoms with Gasteiger partial charge in [-0.05, 0) is 46.0 Å². The molecule has 1 saturated carbocycles. The predicted molar refractivity (Wildman–Crippen MR) is 132 cm³/mol. The average molecular weight is 547 g/mol. The number of ketones is 2. The summed E-state index contributed by atoms with van der Waals surface area (Å²) in [6, 6.07) is 0.811. The lowest BCUT2D eigenvalue weighted by Crippen LogP contribution is -2.67. The second-order valence-corrected chi connectivity index (χ2v) is 10.6. The molecule has 1 aromatic rings. The van der Waals surface area contributed by atoms with Crippen molar-refractivity contribution >= 4 is 29.2 Å². The number of carboxylic acid groups (broad SMARTS) is 1. The number of hydrogen-bond donors (Lipinski definition) is 8. The van der Waals surface area contributed by atoms with Gasteiger partial charge in [0.1, 0.15) is 22.8 Å². The molecule has 0 aromatic heterocycles. The SMILES string of the molecule is CC(O)C(NC(=O)C1=C(O)C2(O)C(=O)C3=C(O)c4c(O)cccc4C(C)(O)C3CC2C(N(C)C)C1=O)C(=O)O. The molecule has 3 aliphatic rings. The maximum Gasteiger partial charge on any atom is 0.328 e. The summed E-state index contributed by atoms with van der Waals surface area (Å²) in [4.78, 5) is 53.4. The number of carboxylic acids is 1. The number of nitrogens with one attached hydrogen (secondary N) is 1. The summed E-state index contributed by atoms with van der Waals surface area (Å²) in [5.74, 6) is -10.6. The lowest BCUT2D eigenvalue weighted by atomic mass is 9.54. The van der Waals surface area contributed by atoms with E-state index >= 15 is 0 Å². The summed E-state index contributed by atoms with van der Waals surface area (Å²) < 4.78 is 0. The molecule has 0 radical (unpaired) electrons. The Morgan fingerprint density at radius 3 is 2.28 bits per heavy atom. The Morgan fingerprint density at radius 2 is 1.74 bits per heavy atom. The molecule has 0 saturated heterocycles. The number of phenols is 1. The van der Waals surface area contributed by atoms with Gasteiger partial charge in [0.2, 0.25) is 5.78 Å². The van der Waals surface area contributed by atoms with E-state index in [0.717, 1.165) is 6.92 Å². The van der Waals surface area contributed by atoms with Crippen molar-refractivity contribution in [3.05, 3.63) is 46.2 Å². The molecular weight excluding hydrogens is 516 g/mol. The fraction of sp³-hybridized carbons (Fsp3) is 0.462. The van der Waals surface area contributed by atoms with Crippen LogP contribution in [-0.2, 0) is 24.8 Å². The first-order valence-electron chi connectivity index (χ1n) is 12.1. The first-order valence-corrected chi connectivity index (χ1v) is 12.1. The first kappa shape index (κ1) is 28.2. The highest BCUT2D eigenvalue weighted by molar-refractivity contribution is 6.25. The van der Waals surface area contributed by atoms with E-state index in [-0.39, 0.29) is 17.5 Å². The zero-order valence-corrected chi connectivity index (χ0v) is 21.5. The van der Waals surface area contributed by atoms with Crippen molar-refractivity contribution in [2.45, 2.75) is 49.7 Å². The summed E-state index contributed by atoms with van der Waals surface area (Å²) in [6.07, 6.45) is -1.92. The van der Waals surface area contributed by atoms with E-state index in [1.54, 1.807) is 0 Å². The number of aliphatic hydroxyl groups excluding tert-OH is 3. The number of aromatic hydroxyl groups is 1. The topological polar surface area (TPSA) is 225 Å². The molecule has 0 bridgehead atoms. The lowest BCUT2D eigenvalue weighted by Gasteiger charge is -2.53. The van der Waals surface area contributed by atoms with Crippen LogP contribution in [0.1, 0.15) is 31.4 Å².